The van der Waals surface area contributed by atoms with Gasteiger partial charge in [0.25, 0.3) is 0 Å². The average molecular weight is 287 g/mol. The zero-order chi connectivity index (χ0) is 14.7. The number of hydrogen-bond donors (Lipinski definition) is 1. The molecule has 2 aromatic rings. The summed E-state index contributed by atoms with van der Waals surface area (Å²) in [6.07, 6.45) is 2.30. The Bertz CT molecular complexity index is 609. The van der Waals surface area contributed by atoms with Gasteiger partial charge < -0.3 is 10.0 Å². The zero-order valence-corrected chi connectivity index (χ0v) is 11.6. The molecule has 1 N–H and O–H groups in total. The number of benzene rings is 1. The summed E-state index contributed by atoms with van der Waals surface area (Å²) in [5.74, 6) is -0.0237. The predicted octanol–water partition coefficient (Wildman–Crippen LogP) is 1.49. The second kappa shape index (κ2) is 5.90. The minimum atomic E-state index is -0.808. The monoisotopic (exact) mass is 287 g/mol. The van der Waals surface area contributed by atoms with Crippen LogP contribution in [0.15, 0.2) is 30.3 Å². The summed E-state index contributed by atoms with van der Waals surface area (Å²) in [7, 11) is 0. The van der Waals surface area contributed by atoms with Crippen LogP contribution < -0.4 is 4.90 Å². The quantitative estimate of drug-likeness (QED) is 0.830. The molecule has 1 heterocycles. The van der Waals surface area contributed by atoms with E-state index in [-0.39, 0.29) is 6.42 Å². The molecule has 0 unspecified atom stereocenters. The first-order valence-corrected chi connectivity index (χ1v) is 7.02. The molecule has 1 saturated carbocycles. The van der Waals surface area contributed by atoms with Crippen molar-refractivity contribution >= 4 is 11.7 Å². The van der Waals surface area contributed by atoms with Gasteiger partial charge in [0.15, 0.2) is 5.82 Å². The van der Waals surface area contributed by atoms with Gasteiger partial charge in [-0.3, -0.25) is 4.79 Å². The molecule has 0 spiro atoms. The van der Waals surface area contributed by atoms with Crippen molar-refractivity contribution in [1.82, 2.24) is 20.2 Å². The van der Waals surface area contributed by atoms with Crippen molar-refractivity contribution in [2.75, 3.05) is 11.4 Å². The molecule has 1 fully saturated rings. The van der Waals surface area contributed by atoms with Gasteiger partial charge in [0, 0.05) is 12.2 Å². The van der Waals surface area contributed by atoms with E-state index < -0.39 is 5.97 Å². The van der Waals surface area contributed by atoms with E-state index in [1.54, 1.807) is 0 Å². The first kappa shape index (κ1) is 13.5. The van der Waals surface area contributed by atoms with Crippen molar-refractivity contribution in [1.29, 1.82) is 0 Å². The van der Waals surface area contributed by atoms with Gasteiger partial charge in [-0.25, -0.2) is 4.68 Å². The van der Waals surface area contributed by atoms with Crippen molar-refractivity contribution in [3.8, 4) is 0 Å². The molecule has 0 aliphatic heterocycles. The average Bonchev–Trinajstić information content (AvgIpc) is 3.23. The number of hydrogen-bond acceptors (Lipinski definition) is 5. The number of carbonyl (C=O) groups is 1. The fourth-order valence-corrected chi connectivity index (χ4v) is 2.26. The molecule has 0 saturated heterocycles. The lowest BCUT2D eigenvalue weighted by Gasteiger charge is -2.23. The van der Waals surface area contributed by atoms with Crippen molar-refractivity contribution in [2.24, 2.45) is 0 Å². The zero-order valence-electron chi connectivity index (χ0n) is 11.6. The summed E-state index contributed by atoms with van der Waals surface area (Å²) < 4.78 is 1.86. The Kier molecular flexibility index (Phi) is 3.81. The normalized spacial score (nSPS) is 14.1. The molecule has 0 amide bonds. The number of aromatic nitrogens is 4. The molecule has 1 aliphatic carbocycles. The summed E-state index contributed by atoms with van der Waals surface area (Å²) >= 11 is 0. The van der Waals surface area contributed by atoms with E-state index in [0.29, 0.717) is 19.1 Å². The third kappa shape index (κ3) is 3.36. The molecule has 21 heavy (non-hydrogen) atoms. The number of carboxylic acids is 1. The Morgan fingerprint density at radius 1 is 1.33 bits per heavy atom. The van der Waals surface area contributed by atoms with E-state index in [9.17, 15) is 4.79 Å². The van der Waals surface area contributed by atoms with Crippen LogP contribution in [-0.4, -0.2) is 37.8 Å². The van der Waals surface area contributed by atoms with Gasteiger partial charge in [0.2, 0.25) is 0 Å². The standard InChI is InChI=1S/C14H17N5O2/c20-14(21)8-9-18(11-4-2-1-3-5-11)10-13-15-16-17-19(13)12-6-7-12/h1-5,12H,6-10H2,(H,20,21). The predicted molar refractivity (Wildman–Crippen MR) is 75.8 cm³/mol. The highest BCUT2D eigenvalue weighted by atomic mass is 16.4. The number of aliphatic carboxylic acids is 1. The molecule has 1 aliphatic rings. The Morgan fingerprint density at radius 3 is 2.76 bits per heavy atom. The number of carboxylic acid groups (broad SMARTS) is 1. The highest BCUT2D eigenvalue weighted by Gasteiger charge is 2.28. The molecular formula is C14H17N5O2. The summed E-state index contributed by atoms with van der Waals surface area (Å²) in [6, 6.07) is 10.2. The van der Waals surface area contributed by atoms with Crippen LogP contribution in [0, 0.1) is 0 Å². The first-order chi connectivity index (χ1) is 10.2. The second-order valence-corrected chi connectivity index (χ2v) is 5.17. The molecule has 3 rings (SSSR count). The van der Waals surface area contributed by atoms with Crippen LogP contribution in [0.25, 0.3) is 0 Å². The van der Waals surface area contributed by atoms with Crippen LogP contribution >= 0.6 is 0 Å². The maximum Gasteiger partial charge on any atom is 0.305 e. The first-order valence-electron chi connectivity index (χ1n) is 7.02. The van der Waals surface area contributed by atoms with E-state index in [1.807, 2.05) is 39.9 Å². The van der Waals surface area contributed by atoms with Crippen LogP contribution in [0.4, 0.5) is 5.69 Å². The Hall–Kier alpha value is -2.44. The molecule has 110 valence electrons. The van der Waals surface area contributed by atoms with Gasteiger partial charge in [-0.05, 0) is 35.4 Å². The van der Waals surface area contributed by atoms with Crippen LogP contribution in [0.5, 0.6) is 0 Å². The van der Waals surface area contributed by atoms with Gasteiger partial charge in [-0.2, -0.15) is 0 Å². The Balaban J connectivity index is 1.78. The third-order valence-electron chi connectivity index (χ3n) is 3.50. The lowest BCUT2D eigenvalue weighted by atomic mass is 10.2. The molecule has 0 radical (unpaired) electrons. The molecule has 1 aromatic carbocycles. The van der Waals surface area contributed by atoms with E-state index >= 15 is 0 Å². The van der Waals surface area contributed by atoms with Crippen molar-refractivity contribution in [3.63, 3.8) is 0 Å². The highest BCUT2D eigenvalue weighted by Crippen LogP contribution is 2.34. The number of anilines is 1. The number of tetrazole rings is 1. The molecule has 0 bridgehead atoms. The summed E-state index contributed by atoms with van der Waals surface area (Å²) in [6.45, 7) is 0.942. The maximum atomic E-state index is 10.9. The summed E-state index contributed by atoms with van der Waals surface area (Å²) in [4.78, 5) is 12.8. The fraction of sp³-hybridized carbons (Fsp3) is 0.429. The largest absolute Gasteiger partial charge is 0.481 e. The Labute approximate surface area is 122 Å². The smallest absolute Gasteiger partial charge is 0.305 e. The Morgan fingerprint density at radius 2 is 2.10 bits per heavy atom. The van der Waals surface area contributed by atoms with Gasteiger partial charge in [0.1, 0.15) is 0 Å². The summed E-state index contributed by atoms with van der Waals surface area (Å²) in [5, 5.41) is 20.8. The molecule has 7 nitrogen and oxygen atoms in total. The van der Waals surface area contributed by atoms with Gasteiger partial charge in [-0.1, -0.05) is 18.2 Å². The molecule has 0 atom stereocenters. The van der Waals surface area contributed by atoms with Crippen LogP contribution in [-0.2, 0) is 11.3 Å². The second-order valence-electron chi connectivity index (χ2n) is 5.17. The van der Waals surface area contributed by atoms with Gasteiger partial charge >= 0.3 is 5.97 Å². The van der Waals surface area contributed by atoms with Gasteiger partial charge in [0.05, 0.1) is 19.0 Å². The minimum Gasteiger partial charge on any atom is -0.481 e. The maximum absolute atomic E-state index is 10.9. The lowest BCUT2D eigenvalue weighted by Crippen LogP contribution is -2.27. The SMILES string of the molecule is O=C(O)CCN(Cc1nnnn1C1CC1)c1ccccc1. The number of para-hydroxylation sites is 1. The molecule has 7 heteroatoms. The fourth-order valence-electron chi connectivity index (χ4n) is 2.26. The highest BCUT2D eigenvalue weighted by molar-refractivity contribution is 5.67. The van der Waals surface area contributed by atoms with Crippen molar-refractivity contribution < 1.29 is 9.90 Å². The lowest BCUT2D eigenvalue weighted by molar-refractivity contribution is -0.136. The van der Waals surface area contributed by atoms with E-state index in [0.717, 1.165) is 24.4 Å². The molecule has 1 aromatic heterocycles. The van der Waals surface area contributed by atoms with E-state index in [2.05, 4.69) is 15.5 Å². The molecular weight excluding hydrogens is 270 g/mol. The van der Waals surface area contributed by atoms with Crippen LogP contribution in [0.1, 0.15) is 31.1 Å². The number of rotatable bonds is 7. The van der Waals surface area contributed by atoms with Crippen molar-refractivity contribution in [3.05, 3.63) is 36.2 Å². The topological polar surface area (TPSA) is 84.1 Å². The van der Waals surface area contributed by atoms with E-state index in [1.165, 1.54) is 0 Å². The third-order valence-corrected chi connectivity index (χ3v) is 3.50. The minimum absolute atomic E-state index is 0.0832. The summed E-state index contributed by atoms with van der Waals surface area (Å²) in [5.41, 5.74) is 0.976. The van der Waals surface area contributed by atoms with Gasteiger partial charge in [-0.15, -0.1) is 5.10 Å². The number of nitrogens with zero attached hydrogens (tertiary/aromatic N) is 5. The van der Waals surface area contributed by atoms with Crippen molar-refractivity contribution in [2.45, 2.75) is 31.8 Å². The van der Waals surface area contributed by atoms with E-state index in [4.69, 9.17) is 5.11 Å². The van der Waals surface area contributed by atoms with Crippen LogP contribution in [0.2, 0.25) is 0 Å². The van der Waals surface area contributed by atoms with Crippen LogP contribution in [0.3, 0.4) is 0 Å².